The molecule has 4 heteroatoms. The van der Waals surface area contributed by atoms with E-state index in [4.69, 9.17) is 5.73 Å². The summed E-state index contributed by atoms with van der Waals surface area (Å²) in [6.45, 7) is 3.13. The Balaban J connectivity index is 1.87. The topological polar surface area (TPSA) is 42.1 Å². The van der Waals surface area contributed by atoms with E-state index in [0.29, 0.717) is 5.69 Å². The van der Waals surface area contributed by atoms with Gasteiger partial charge in [0.25, 0.3) is 0 Å². The van der Waals surface area contributed by atoms with Crippen LogP contribution >= 0.6 is 11.8 Å². The van der Waals surface area contributed by atoms with Gasteiger partial charge < -0.3 is 5.73 Å². The highest BCUT2D eigenvalue weighted by Crippen LogP contribution is 2.07. The van der Waals surface area contributed by atoms with Crippen LogP contribution in [-0.4, -0.2) is 41.0 Å². The zero-order valence-electron chi connectivity index (χ0n) is 9.15. The molecule has 2 N–H and O–H groups in total. The van der Waals surface area contributed by atoms with Crippen molar-refractivity contribution in [1.82, 2.24) is 9.88 Å². The van der Waals surface area contributed by atoms with Crippen LogP contribution in [0.2, 0.25) is 0 Å². The quantitative estimate of drug-likeness (QED) is 0.737. The minimum Gasteiger partial charge on any atom is -0.397 e. The molecule has 0 radical (unpaired) electrons. The maximum absolute atomic E-state index is 5.55. The fourth-order valence-electron chi connectivity index (χ4n) is 1.48. The Morgan fingerprint density at radius 1 is 1.38 bits per heavy atom. The van der Waals surface area contributed by atoms with Crippen molar-refractivity contribution in [3.8, 4) is 11.8 Å². The fourth-order valence-corrected chi connectivity index (χ4v) is 2.46. The van der Waals surface area contributed by atoms with Gasteiger partial charge in [-0.2, -0.15) is 11.8 Å². The molecule has 0 bridgehead atoms. The van der Waals surface area contributed by atoms with Crippen LogP contribution in [0.3, 0.4) is 0 Å². The van der Waals surface area contributed by atoms with Crippen LogP contribution in [0.4, 0.5) is 5.69 Å². The van der Waals surface area contributed by atoms with Crippen molar-refractivity contribution in [1.29, 1.82) is 0 Å². The van der Waals surface area contributed by atoms with Crippen LogP contribution in [0, 0.1) is 11.8 Å². The van der Waals surface area contributed by atoms with Gasteiger partial charge in [-0.1, -0.05) is 5.92 Å². The Morgan fingerprint density at radius 2 is 2.19 bits per heavy atom. The van der Waals surface area contributed by atoms with Crippen LogP contribution in [0.1, 0.15) is 5.69 Å². The highest BCUT2D eigenvalue weighted by Gasteiger charge is 2.07. The fraction of sp³-hybridized carbons (Fsp3) is 0.417. The summed E-state index contributed by atoms with van der Waals surface area (Å²) in [5.41, 5.74) is 7.02. The number of nitrogen functional groups attached to an aromatic ring is 1. The molecular formula is C12H15N3S. The Kier molecular flexibility index (Phi) is 4.09. The summed E-state index contributed by atoms with van der Waals surface area (Å²) in [5.74, 6) is 8.66. The standard InChI is InChI=1S/C12H15N3S/c13-11-3-4-12(14-10-11)2-1-5-15-6-8-16-9-7-15/h3-4,10H,5-9,13H2. The van der Waals surface area contributed by atoms with Gasteiger partial charge in [-0.15, -0.1) is 0 Å². The lowest BCUT2D eigenvalue weighted by Gasteiger charge is -2.23. The molecule has 2 rings (SSSR count). The molecule has 1 aliphatic heterocycles. The van der Waals surface area contributed by atoms with E-state index in [1.807, 2.05) is 23.9 Å². The molecule has 2 heterocycles. The second-order valence-electron chi connectivity index (χ2n) is 3.67. The van der Waals surface area contributed by atoms with Crippen molar-refractivity contribution >= 4 is 17.4 Å². The van der Waals surface area contributed by atoms with Crippen LogP contribution < -0.4 is 5.73 Å². The summed E-state index contributed by atoms with van der Waals surface area (Å²) in [6.07, 6.45) is 1.64. The summed E-state index contributed by atoms with van der Waals surface area (Å²) >= 11 is 2.01. The molecule has 84 valence electrons. The molecule has 16 heavy (non-hydrogen) atoms. The first-order valence-corrected chi connectivity index (χ1v) is 6.50. The number of anilines is 1. The maximum Gasteiger partial charge on any atom is 0.113 e. The SMILES string of the molecule is Nc1ccc(C#CCN2CCSCC2)nc1. The minimum atomic E-state index is 0.679. The monoisotopic (exact) mass is 233 g/mol. The number of thioether (sulfide) groups is 1. The summed E-state index contributed by atoms with van der Waals surface area (Å²) in [4.78, 5) is 6.52. The van der Waals surface area contributed by atoms with Crippen molar-refractivity contribution in [2.45, 2.75) is 0 Å². The van der Waals surface area contributed by atoms with Crippen LogP contribution in [0.25, 0.3) is 0 Å². The molecule has 1 aromatic heterocycles. The van der Waals surface area contributed by atoms with Crippen molar-refractivity contribution < 1.29 is 0 Å². The Labute approximate surface area is 100 Å². The van der Waals surface area contributed by atoms with Gasteiger partial charge in [0.1, 0.15) is 5.69 Å². The summed E-state index contributed by atoms with van der Waals surface area (Å²) in [6, 6.07) is 3.68. The highest BCUT2D eigenvalue weighted by atomic mass is 32.2. The van der Waals surface area contributed by atoms with Gasteiger partial charge in [-0.05, 0) is 18.1 Å². The second kappa shape index (κ2) is 5.78. The van der Waals surface area contributed by atoms with E-state index >= 15 is 0 Å². The van der Waals surface area contributed by atoms with Gasteiger partial charge in [0.15, 0.2) is 0 Å². The van der Waals surface area contributed by atoms with E-state index in [1.165, 1.54) is 11.5 Å². The average Bonchev–Trinajstić information content (AvgIpc) is 2.33. The molecule has 3 nitrogen and oxygen atoms in total. The normalized spacial score (nSPS) is 16.5. The largest absolute Gasteiger partial charge is 0.397 e. The summed E-state index contributed by atoms with van der Waals surface area (Å²) in [7, 11) is 0. The lowest BCUT2D eigenvalue weighted by atomic mass is 10.3. The zero-order valence-corrected chi connectivity index (χ0v) is 9.96. The van der Waals surface area contributed by atoms with Gasteiger partial charge in [0.2, 0.25) is 0 Å². The number of nitrogens with zero attached hydrogens (tertiary/aromatic N) is 2. The first-order valence-electron chi connectivity index (χ1n) is 5.35. The number of hydrogen-bond donors (Lipinski definition) is 1. The molecule has 0 unspecified atom stereocenters. The van der Waals surface area contributed by atoms with Gasteiger partial charge in [-0.3, -0.25) is 4.90 Å². The van der Waals surface area contributed by atoms with E-state index in [-0.39, 0.29) is 0 Å². The van der Waals surface area contributed by atoms with E-state index in [9.17, 15) is 0 Å². The first kappa shape index (κ1) is 11.3. The van der Waals surface area contributed by atoms with Crippen LogP contribution in [0.15, 0.2) is 18.3 Å². The van der Waals surface area contributed by atoms with E-state index in [2.05, 4.69) is 21.7 Å². The third-order valence-corrected chi connectivity index (χ3v) is 3.35. The van der Waals surface area contributed by atoms with Crippen molar-refractivity contribution in [2.75, 3.05) is 36.9 Å². The van der Waals surface area contributed by atoms with Gasteiger partial charge >= 0.3 is 0 Å². The number of hydrogen-bond acceptors (Lipinski definition) is 4. The van der Waals surface area contributed by atoms with Crippen LogP contribution in [-0.2, 0) is 0 Å². The highest BCUT2D eigenvalue weighted by molar-refractivity contribution is 7.99. The van der Waals surface area contributed by atoms with Gasteiger partial charge in [-0.25, -0.2) is 4.98 Å². The van der Waals surface area contributed by atoms with Gasteiger partial charge in [0, 0.05) is 24.6 Å². The lowest BCUT2D eigenvalue weighted by Crippen LogP contribution is -2.32. The number of pyridine rings is 1. The predicted octanol–water partition coefficient (Wildman–Crippen LogP) is 1.06. The predicted molar refractivity (Wildman–Crippen MR) is 69.3 cm³/mol. The van der Waals surface area contributed by atoms with E-state index < -0.39 is 0 Å². The van der Waals surface area contributed by atoms with Gasteiger partial charge in [0.05, 0.1) is 18.4 Å². The third kappa shape index (κ3) is 3.44. The molecule has 0 spiro atoms. The molecule has 0 aromatic carbocycles. The minimum absolute atomic E-state index is 0.679. The van der Waals surface area contributed by atoms with Crippen LogP contribution in [0.5, 0.6) is 0 Å². The van der Waals surface area contributed by atoms with E-state index in [0.717, 1.165) is 25.3 Å². The maximum atomic E-state index is 5.55. The number of rotatable bonds is 1. The second-order valence-corrected chi connectivity index (χ2v) is 4.89. The van der Waals surface area contributed by atoms with Crippen molar-refractivity contribution in [3.63, 3.8) is 0 Å². The smallest absolute Gasteiger partial charge is 0.113 e. The van der Waals surface area contributed by atoms with E-state index in [1.54, 1.807) is 6.20 Å². The first-order chi connectivity index (χ1) is 7.84. The molecule has 1 saturated heterocycles. The molecular weight excluding hydrogens is 218 g/mol. The summed E-state index contributed by atoms with van der Waals surface area (Å²) < 4.78 is 0. The lowest BCUT2D eigenvalue weighted by molar-refractivity contribution is 0.341. The Bertz CT molecular complexity index is 385. The zero-order chi connectivity index (χ0) is 11.2. The van der Waals surface area contributed by atoms with Crippen molar-refractivity contribution in [3.05, 3.63) is 24.0 Å². The molecule has 1 aliphatic rings. The Hall–Kier alpha value is -1.18. The summed E-state index contributed by atoms with van der Waals surface area (Å²) in [5, 5.41) is 0. The molecule has 0 saturated carbocycles. The molecule has 1 aromatic rings. The molecule has 1 fully saturated rings. The number of aromatic nitrogens is 1. The van der Waals surface area contributed by atoms with Crippen molar-refractivity contribution in [2.24, 2.45) is 0 Å². The third-order valence-electron chi connectivity index (χ3n) is 2.41. The molecule has 0 aliphatic carbocycles. The Morgan fingerprint density at radius 3 is 2.88 bits per heavy atom. The average molecular weight is 233 g/mol. The molecule has 0 amide bonds. The number of nitrogens with two attached hydrogens (primary N) is 1. The molecule has 0 atom stereocenters.